The zero-order valence-corrected chi connectivity index (χ0v) is 16.2. The summed E-state index contributed by atoms with van der Waals surface area (Å²) in [5.41, 5.74) is 3.52. The van der Waals surface area contributed by atoms with Crippen LogP contribution in [0.5, 0.6) is 11.5 Å². The number of rotatable bonds is 11. The van der Waals surface area contributed by atoms with Crippen molar-refractivity contribution in [2.24, 2.45) is 10.8 Å². The van der Waals surface area contributed by atoms with Crippen LogP contribution in [0.3, 0.4) is 0 Å². The van der Waals surface area contributed by atoms with Crippen LogP contribution in [0, 0.1) is 10.8 Å². The number of phenolic OH excluding ortho intramolecular Hbond substituents is 2. The van der Waals surface area contributed by atoms with E-state index in [1.807, 2.05) is 6.07 Å². The third-order valence-electron chi connectivity index (χ3n) is 6.69. The van der Waals surface area contributed by atoms with Gasteiger partial charge in [-0.05, 0) is 92.2 Å². The van der Waals surface area contributed by atoms with Gasteiger partial charge in [-0.25, -0.2) is 0 Å². The average Bonchev–Trinajstić information content (AvgIpc) is 3.46. The highest BCUT2D eigenvalue weighted by Crippen LogP contribution is 2.50. The maximum atomic E-state index is 10.3. The van der Waals surface area contributed by atoms with Crippen molar-refractivity contribution in [3.8, 4) is 11.5 Å². The Morgan fingerprint density at radius 3 is 1.92 bits per heavy atom. The Kier molecular flexibility index (Phi) is 5.65. The second kappa shape index (κ2) is 7.60. The SMILES string of the molecule is CC1(CCCCCc2cc(O)cc(O)c2CCCCC2(C)CC2)CC1. The number of unbranched alkanes of at least 4 members (excludes halogenated alkanes) is 3. The number of hydrogen-bond donors (Lipinski definition) is 2. The summed E-state index contributed by atoms with van der Waals surface area (Å²) in [4.78, 5) is 0. The summed E-state index contributed by atoms with van der Waals surface area (Å²) in [6, 6.07) is 3.38. The van der Waals surface area contributed by atoms with E-state index in [2.05, 4.69) is 13.8 Å². The van der Waals surface area contributed by atoms with Crippen molar-refractivity contribution in [1.29, 1.82) is 0 Å². The normalized spacial score (nSPS) is 19.8. The fourth-order valence-corrected chi connectivity index (χ4v) is 4.04. The number of hydrogen-bond acceptors (Lipinski definition) is 2. The zero-order valence-electron chi connectivity index (χ0n) is 16.2. The van der Waals surface area contributed by atoms with E-state index in [1.165, 1.54) is 63.9 Å². The van der Waals surface area contributed by atoms with Gasteiger partial charge in [0.25, 0.3) is 0 Å². The van der Waals surface area contributed by atoms with Crippen LogP contribution in [-0.2, 0) is 12.8 Å². The van der Waals surface area contributed by atoms with Gasteiger partial charge < -0.3 is 10.2 Å². The van der Waals surface area contributed by atoms with Crippen molar-refractivity contribution in [2.75, 3.05) is 0 Å². The van der Waals surface area contributed by atoms with Crippen molar-refractivity contribution in [2.45, 2.75) is 97.3 Å². The molecule has 2 aliphatic rings. The molecule has 140 valence electrons. The number of benzene rings is 1. The molecular formula is C23H36O2. The Balaban J connectivity index is 1.46. The molecule has 2 nitrogen and oxygen atoms in total. The van der Waals surface area contributed by atoms with Crippen molar-refractivity contribution in [3.63, 3.8) is 0 Å². The van der Waals surface area contributed by atoms with E-state index in [9.17, 15) is 10.2 Å². The van der Waals surface area contributed by atoms with Crippen LogP contribution >= 0.6 is 0 Å². The molecule has 1 aromatic rings. The summed E-state index contributed by atoms with van der Waals surface area (Å²) < 4.78 is 0. The Morgan fingerprint density at radius 2 is 1.32 bits per heavy atom. The first-order chi connectivity index (χ1) is 11.9. The lowest BCUT2D eigenvalue weighted by Crippen LogP contribution is -1.99. The summed E-state index contributed by atoms with van der Waals surface area (Å²) in [7, 11) is 0. The predicted octanol–water partition coefficient (Wildman–Crippen LogP) is 6.51. The molecule has 0 unspecified atom stereocenters. The maximum Gasteiger partial charge on any atom is 0.122 e. The van der Waals surface area contributed by atoms with Gasteiger partial charge in [0.05, 0.1) is 0 Å². The number of phenols is 2. The topological polar surface area (TPSA) is 40.5 Å². The van der Waals surface area contributed by atoms with Crippen LogP contribution in [0.4, 0.5) is 0 Å². The average molecular weight is 345 g/mol. The number of aromatic hydroxyl groups is 2. The van der Waals surface area contributed by atoms with Crippen molar-refractivity contribution in [3.05, 3.63) is 23.3 Å². The molecule has 25 heavy (non-hydrogen) atoms. The lowest BCUT2D eigenvalue weighted by Gasteiger charge is -2.14. The number of aryl methyl sites for hydroxylation is 1. The largest absolute Gasteiger partial charge is 0.508 e. The minimum absolute atomic E-state index is 0.201. The van der Waals surface area contributed by atoms with Crippen LogP contribution in [0.15, 0.2) is 12.1 Å². The van der Waals surface area contributed by atoms with E-state index in [4.69, 9.17) is 0 Å². The van der Waals surface area contributed by atoms with Gasteiger partial charge in [0.1, 0.15) is 11.5 Å². The Hall–Kier alpha value is -1.18. The van der Waals surface area contributed by atoms with E-state index >= 15 is 0 Å². The van der Waals surface area contributed by atoms with Gasteiger partial charge in [-0.3, -0.25) is 0 Å². The molecule has 0 saturated heterocycles. The van der Waals surface area contributed by atoms with Crippen LogP contribution in [-0.4, -0.2) is 10.2 Å². The molecule has 2 fully saturated rings. The Labute approximate surface area is 153 Å². The molecule has 0 aromatic heterocycles. The van der Waals surface area contributed by atoms with Crippen LogP contribution in [0.1, 0.15) is 95.6 Å². The van der Waals surface area contributed by atoms with E-state index in [0.717, 1.165) is 36.8 Å². The standard InChI is InChI=1S/C23H36O2/c1-22(12-13-22)10-6-3-4-8-18-16-19(24)17-21(25)20(18)9-5-7-11-23(2)14-15-23/h16-17,24-25H,3-15H2,1-2H3. The fourth-order valence-electron chi connectivity index (χ4n) is 4.04. The molecule has 3 rings (SSSR count). The highest BCUT2D eigenvalue weighted by molar-refractivity contribution is 5.45. The Bertz CT molecular complexity index is 582. The highest BCUT2D eigenvalue weighted by atomic mass is 16.3. The molecule has 2 saturated carbocycles. The molecule has 0 spiro atoms. The van der Waals surface area contributed by atoms with Gasteiger partial charge >= 0.3 is 0 Å². The third-order valence-corrected chi connectivity index (χ3v) is 6.69. The van der Waals surface area contributed by atoms with Gasteiger partial charge in [-0.2, -0.15) is 0 Å². The van der Waals surface area contributed by atoms with E-state index in [1.54, 1.807) is 0 Å². The van der Waals surface area contributed by atoms with Gasteiger partial charge in [-0.15, -0.1) is 0 Å². The summed E-state index contributed by atoms with van der Waals surface area (Å²) in [5.74, 6) is 0.491. The minimum atomic E-state index is 0.201. The summed E-state index contributed by atoms with van der Waals surface area (Å²) in [6.07, 6.45) is 16.3. The molecule has 0 radical (unpaired) electrons. The summed E-state index contributed by atoms with van der Waals surface area (Å²) in [6.45, 7) is 4.79. The second-order valence-corrected chi connectivity index (χ2v) is 9.49. The second-order valence-electron chi connectivity index (χ2n) is 9.49. The van der Waals surface area contributed by atoms with Crippen molar-refractivity contribution < 1.29 is 10.2 Å². The van der Waals surface area contributed by atoms with Gasteiger partial charge in [0.15, 0.2) is 0 Å². The van der Waals surface area contributed by atoms with E-state index in [-0.39, 0.29) is 11.5 Å². The van der Waals surface area contributed by atoms with Crippen molar-refractivity contribution >= 4 is 0 Å². The lowest BCUT2D eigenvalue weighted by atomic mass is 9.93. The monoisotopic (exact) mass is 344 g/mol. The lowest BCUT2D eigenvalue weighted by molar-refractivity contribution is 0.439. The third kappa shape index (κ3) is 5.66. The highest BCUT2D eigenvalue weighted by Gasteiger charge is 2.36. The molecule has 2 N–H and O–H groups in total. The van der Waals surface area contributed by atoms with Crippen molar-refractivity contribution in [1.82, 2.24) is 0 Å². The molecule has 0 bridgehead atoms. The van der Waals surface area contributed by atoms with Gasteiger partial charge in [0, 0.05) is 6.07 Å². The molecule has 0 aliphatic heterocycles. The van der Waals surface area contributed by atoms with E-state index < -0.39 is 0 Å². The first-order valence-corrected chi connectivity index (χ1v) is 10.4. The molecule has 0 heterocycles. The molecule has 2 aliphatic carbocycles. The molecule has 0 atom stereocenters. The Morgan fingerprint density at radius 1 is 0.760 bits per heavy atom. The van der Waals surface area contributed by atoms with Crippen LogP contribution < -0.4 is 0 Å². The summed E-state index contributed by atoms with van der Waals surface area (Å²) >= 11 is 0. The maximum absolute atomic E-state index is 10.3. The quantitative estimate of drug-likeness (QED) is 0.449. The van der Waals surface area contributed by atoms with Gasteiger partial charge in [0.2, 0.25) is 0 Å². The smallest absolute Gasteiger partial charge is 0.122 e. The van der Waals surface area contributed by atoms with E-state index in [0.29, 0.717) is 10.8 Å². The van der Waals surface area contributed by atoms with Crippen LogP contribution in [0.25, 0.3) is 0 Å². The first-order valence-electron chi connectivity index (χ1n) is 10.4. The predicted molar refractivity (Wildman–Crippen MR) is 104 cm³/mol. The summed E-state index contributed by atoms with van der Waals surface area (Å²) in [5, 5.41) is 20.2. The first kappa shape index (κ1) is 18.6. The molecule has 1 aromatic carbocycles. The van der Waals surface area contributed by atoms with Crippen LogP contribution in [0.2, 0.25) is 0 Å². The zero-order chi connectivity index (χ0) is 17.9. The molecular weight excluding hydrogens is 308 g/mol. The molecule has 0 amide bonds. The molecule has 2 heteroatoms. The fraction of sp³-hybridized carbons (Fsp3) is 0.739. The minimum Gasteiger partial charge on any atom is -0.508 e. The van der Waals surface area contributed by atoms with Gasteiger partial charge in [-0.1, -0.05) is 33.1 Å².